The molecule has 4 rings (SSSR count). The number of nitrogens with one attached hydrogen (secondary N) is 1. The van der Waals surface area contributed by atoms with Crippen molar-refractivity contribution in [3.63, 3.8) is 0 Å². The Morgan fingerprint density at radius 2 is 2.00 bits per heavy atom. The zero-order valence-corrected chi connectivity index (χ0v) is 18.5. The number of nitrogens with two attached hydrogens (primary N) is 1. The number of nitrogens with zero attached hydrogens (tertiary/aromatic N) is 5. The number of carbonyl (C=O) groups excluding carboxylic acids is 2. The molecule has 1 aliphatic rings. The maximum absolute atomic E-state index is 13.5. The fourth-order valence-corrected chi connectivity index (χ4v) is 4.02. The quantitative estimate of drug-likeness (QED) is 0.397. The molecule has 0 aliphatic carbocycles. The third-order valence-corrected chi connectivity index (χ3v) is 5.79. The number of amides is 2. The van der Waals surface area contributed by atoms with E-state index in [4.69, 9.17) is 17.4 Å². The van der Waals surface area contributed by atoms with Gasteiger partial charge in [-0.1, -0.05) is 41.6 Å². The fourth-order valence-electron chi connectivity index (χ4n) is 3.07. The molecule has 2 amide bonds. The van der Waals surface area contributed by atoms with Crippen LogP contribution in [0.4, 0.5) is 10.1 Å². The zero-order chi connectivity index (χ0) is 23.5. The van der Waals surface area contributed by atoms with E-state index in [1.54, 1.807) is 30.3 Å². The van der Waals surface area contributed by atoms with E-state index in [9.17, 15) is 18.8 Å². The molecule has 1 fully saturated rings. The van der Waals surface area contributed by atoms with Gasteiger partial charge in [-0.25, -0.2) is 19.3 Å². The van der Waals surface area contributed by atoms with E-state index in [1.807, 2.05) is 0 Å². The van der Waals surface area contributed by atoms with Gasteiger partial charge in [0.15, 0.2) is 11.0 Å². The van der Waals surface area contributed by atoms with Crippen LogP contribution in [0.3, 0.4) is 0 Å². The summed E-state index contributed by atoms with van der Waals surface area (Å²) in [7, 11) is 0. The highest BCUT2D eigenvalue weighted by molar-refractivity contribution is 8.15. The molecular formula is C20H17ClFN7O3S. The van der Waals surface area contributed by atoms with Crippen molar-refractivity contribution in [2.24, 2.45) is 5.10 Å². The molecule has 0 unspecified atom stereocenters. The third kappa shape index (κ3) is 5.07. The summed E-state index contributed by atoms with van der Waals surface area (Å²) in [6, 6.07) is 12.4. The number of hydrogen-bond donors (Lipinski definition) is 2. The number of anilines is 1. The number of nitrogen functional groups attached to an aromatic ring is 1. The van der Waals surface area contributed by atoms with Crippen LogP contribution in [-0.2, 0) is 22.6 Å². The summed E-state index contributed by atoms with van der Waals surface area (Å²) in [5.41, 5.74) is 2.75. The molecule has 1 aliphatic heterocycles. The summed E-state index contributed by atoms with van der Waals surface area (Å²) in [5, 5.41) is 8.84. The second kappa shape index (κ2) is 9.46. The van der Waals surface area contributed by atoms with Crippen molar-refractivity contribution in [3.05, 3.63) is 81.2 Å². The first-order valence-corrected chi connectivity index (χ1v) is 10.9. The monoisotopic (exact) mass is 489 g/mol. The van der Waals surface area contributed by atoms with Crippen molar-refractivity contribution in [3.8, 4) is 0 Å². The minimum Gasteiger partial charge on any atom is -0.333 e. The van der Waals surface area contributed by atoms with Crippen LogP contribution in [0.5, 0.6) is 0 Å². The molecule has 170 valence electrons. The van der Waals surface area contributed by atoms with Gasteiger partial charge in [0, 0.05) is 11.4 Å². The number of amidine groups is 1. The molecule has 1 saturated heterocycles. The van der Waals surface area contributed by atoms with E-state index in [0.717, 1.165) is 26.7 Å². The molecule has 0 atom stereocenters. The molecule has 1 aromatic heterocycles. The van der Waals surface area contributed by atoms with Gasteiger partial charge in [0.1, 0.15) is 12.4 Å². The van der Waals surface area contributed by atoms with Crippen LogP contribution in [-0.4, -0.2) is 37.2 Å². The van der Waals surface area contributed by atoms with Crippen LogP contribution in [0.15, 0.2) is 58.4 Å². The highest BCUT2D eigenvalue weighted by atomic mass is 35.5. The number of carbonyl (C=O) groups is 2. The fraction of sp³-hybridized carbons (Fsp3) is 0.150. The summed E-state index contributed by atoms with van der Waals surface area (Å²) in [5.74, 6) is 4.69. The molecule has 0 radical (unpaired) electrons. The van der Waals surface area contributed by atoms with Crippen molar-refractivity contribution >= 4 is 46.0 Å². The van der Waals surface area contributed by atoms with E-state index in [0.29, 0.717) is 10.7 Å². The Balaban J connectivity index is 1.45. The van der Waals surface area contributed by atoms with Crippen molar-refractivity contribution in [1.82, 2.24) is 19.9 Å². The van der Waals surface area contributed by atoms with Gasteiger partial charge in [-0.05, 0) is 35.9 Å². The lowest BCUT2D eigenvalue weighted by molar-refractivity contribution is -0.122. The Kier molecular flexibility index (Phi) is 6.47. The lowest BCUT2D eigenvalue weighted by Crippen LogP contribution is -2.35. The first-order valence-electron chi connectivity index (χ1n) is 9.58. The summed E-state index contributed by atoms with van der Waals surface area (Å²) >= 11 is 6.96. The molecule has 33 heavy (non-hydrogen) atoms. The van der Waals surface area contributed by atoms with Crippen molar-refractivity contribution in [2.75, 3.05) is 16.5 Å². The maximum Gasteiger partial charge on any atom is 0.365 e. The predicted molar refractivity (Wildman–Crippen MR) is 123 cm³/mol. The Bertz CT molecular complexity index is 1310. The Morgan fingerprint density at radius 3 is 2.73 bits per heavy atom. The average Bonchev–Trinajstić information content (AvgIpc) is 3.28. The standard InChI is InChI=1S/C20H17ClFN7O3S/c21-13-6-4-12(5-7-13)8-16-26-27(20(32)29(16)23)10-17(30)24-25-19-28(18(31)11-33-19)15-3-1-2-14(22)9-15/h1-7,9H,8,10-11,23H2,(H,24,30)/b25-19+. The number of aromatic nitrogens is 3. The van der Waals surface area contributed by atoms with Gasteiger partial charge in [0.2, 0.25) is 5.91 Å². The van der Waals surface area contributed by atoms with Crippen LogP contribution in [0.1, 0.15) is 11.4 Å². The van der Waals surface area contributed by atoms with Crippen LogP contribution in [0.25, 0.3) is 0 Å². The summed E-state index contributed by atoms with van der Waals surface area (Å²) in [6.45, 7) is -0.438. The van der Waals surface area contributed by atoms with Gasteiger partial charge < -0.3 is 5.84 Å². The molecule has 3 N–H and O–H groups in total. The number of benzene rings is 2. The minimum atomic E-state index is -0.673. The maximum atomic E-state index is 13.5. The SMILES string of the molecule is Nn1c(Cc2ccc(Cl)cc2)nn(CC(=O)N/N=C2/SCC(=O)N2c2cccc(F)c2)c1=O. The second-order valence-corrected chi connectivity index (χ2v) is 8.34. The Hall–Kier alpha value is -3.64. The van der Waals surface area contributed by atoms with E-state index in [-0.39, 0.29) is 29.1 Å². The summed E-state index contributed by atoms with van der Waals surface area (Å²) < 4.78 is 15.3. The number of hydrazone groups is 1. The van der Waals surface area contributed by atoms with Gasteiger partial charge in [-0.15, -0.1) is 5.10 Å². The number of hydrogen-bond acceptors (Lipinski definition) is 7. The normalized spacial score (nSPS) is 14.8. The molecule has 10 nitrogen and oxygen atoms in total. The Labute approximate surface area is 195 Å². The molecular weight excluding hydrogens is 473 g/mol. The zero-order valence-electron chi connectivity index (χ0n) is 16.9. The van der Waals surface area contributed by atoms with Gasteiger partial charge in [0.05, 0.1) is 11.4 Å². The van der Waals surface area contributed by atoms with Gasteiger partial charge in [-0.2, -0.15) is 9.77 Å². The van der Waals surface area contributed by atoms with E-state index in [2.05, 4.69) is 15.6 Å². The minimum absolute atomic E-state index is 0.0936. The van der Waals surface area contributed by atoms with Gasteiger partial charge in [0.25, 0.3) is 5.91 Å². The second-order valence-electron chi connectivity index (χ2n) is 6.96. The predicted octanol–water partition coefficient (Wildman–Crippen LogP) is 1.31. The van der Waals surface area contributed by atoms with Crippen molar-refractivity contribution < 1.29 is 14.0 Å². The van der Waals surface area contributed by atoms with Crippen molar-refractivity contribution in [2.45, 2.75) is 13.0 Å². The lowest BCUT2D eigenvalue weighted by Gasteiger charge is -2.15. The first-order chi connectivity index (χ1) is 15.8. The molecule has 0 spiro atoms. The van der Waals surface area contributed by atoms with Crippen LogP contribution < -0.4 is 21.9 Å². The van der Waals surface area contributed by atoms with Gasteiger partial charge >= 0.3 is 5.69 Å². The Morgan fingerprint density at radius 1 is 1.24 bits per heavy atom. The van der Waals surface area contributed by atoms with E-state index in [1.165, 1.54) is 23.1 Å². The van der Waals surface area contributed by atoms with Crippen LogP contribution in [0, 0.1) is 5.82 Å². The molecule has 0 saturated carbocycles. The number of thioether (sulfide) groups is 1. The van der Waals surface area contributed by atoms with Gasteiger partial charge in [-0.3, -0.25) is 14.5 Å². The number of halogens is 2. The van der Waals surface area contributed by atoms with Crippen LogP contribution >= 0.6 is 23.4 Å². The average molecular weight is 490 g/mol. The third-order valence-electron chi connectivity index (χ3n) is 4.62. The molecule has 13 heteroatoms. The molecule has 2 heterocycles. The van der Waals surface area contributed by atoms with E-state index < -0.39 is 24.0 Å². The summed E-state index contributed by atoms with van der Waals surface area (Å²) in [6.07, 6.45) is 0.265. The number of rotatable bonds is 6. The van der Waals surface area contributed by atoms with Crippen LogP contribution in [0.2, 0.25) is 5.02 Å². The van der Waals surface area contributed by atoms with E-state index >= 15 is 0 Å². The summed E-state index contributed by atoms with van der Waals surface area (Å²) in [4.78, 5) is 38.1. The topological polar surface area (TPSA) is 128 Å². The van der Waals surface area contributed by atoms with Crippen molar-refractivity contribution in [1.29, 1.82) is 0 Å². The highest BCUT2D eigenvalue weighted by Gasteiger charge is 2.30. The highest BCUT2D eigenvalue weighted by Crippen LogP contribution is 2.26. The molecule has 3 aromatic rings. The first kappa shape index (κ1) is 22.6. The molecule has 0 bridgehead atoms. The molecule has 2 aromatic carbocycles. The smallest absolute Gasteiger partial charge is 0.333 e. The largest absolute Gasteiger partial charge is 0.365 e. The lowest BCUT2D eigenvalue weighted by atomic mass is 10.1.